The highest BCUT2D eigenvalue weighted by atomic mass is 16.4. The highest BCUT2D eigenvalue weighted by Gasteiger charge is 2.31. The number of amidine groups is 1. The van der Waals surface area contributed by atoms with Crippen LogP contribution >= 0.6 is 0 Å². The molecule has 1 saturated carbocycles. The SMILES string of the molecule is NC(=NO)c1ccccc1N1CCN(C2CC2)CC1. The zero-order valence-electron chi connectivity index (χ0n) is 11.0. The Morgan fingerprint density at radius 1 is 1.16 bits per heavy atom. The molecular formula is C14H20N4O. The van der Waals surface area contributed by atoms with E-state index in [2.05, 4.69) is 15.0 Å². The minimum atomic E-state index is 0.181. The van der Waals surface area contributed by atoms with Gasteiger partial charge in [-0.2, -0.15) is 0 Å². The van der Waals surface area contributed by atoms with Crippen LogP contribution in [0, 0.1) is 0 Å². The number of hydrogen-bond acceptors (Lipinski definition) is 4. The van der Waals surface area contributed by atoms with Crippen molar-refractivity contribution < 1.29 is 5.21 Å². The summed E-state index contributed by atoms with van der Waals surface area (Å²) < 4.78 is 0. The lowest BCUT2D eigenvalue weighted by atomic mass is 10.1. The quantitative estimate of drug-likeness (QED) is 0.369. The van der Waals surface area contributed by atoms with E-state index in [-0.39, 0.29) is 5.84 Å². The van der Waals surface area contributed by atoms with Gasteiger partial charge in [-0.05, 0) is 25.0 Å². The minimum Gasteiger partial charge on any atom is -0.409 e. The lowest BCUT2D eigenvalue weighted by molar-refractivity contribution is 0.248. The van der Waals surface area contributed by atoms with E-state index in [9.17, 15) is 0 Å². The van der Waals surface area contributed by atoms with Crippen molar-refractivity contribution in [2.75, 3.05) is 31.1 Å². The van der Waals surface area contributed by atoms with Crippen LogP contribution in [-0.2, 0) is 0 Å². The average Bonchev–Trinajstić information content (AvgIpc) is 3.31. The molecule has 3 N–H and O–H groups in total. The van der Waals surface area contributed by atoms with Gasteiger partial charge < -0.3 is 15.8 Å². The lowest BCUT2D eigenvalue weighted by Crippen LogP contribution is -2.47. The molecule has 0 spiro atoms. The van der Waals surface area contributed by atoms with E-state index in [0.29, 0.717) is 0 Å². The number of anilines is 1. The molecule has 1 aromatic carbocycles. The molecule has 2 fully saturated rings. The third kappa shape index (κ3) is 2.51. The predicted octanol–water partition coefficient (Wildman–Crippen LogP) is 1.07. The Morgan fingerprint density at radius 2 is 1.84 bits per heavy atom. The summed E-state index contributed by atoms with van der Waals surface area (Å²) in [4.78, 5) is 4.90. The number of para-hydroxylation sites is 1. The van der Waals surface area contributed by atoms with Gasteiger partial charge >= 0.3 is 0 Å². The Morgan fingerprint density at radius 3 is 2.47 bits per heavy atom. The predicted molar refractivity (Wildman–Crippen MR) is 75.8 cm³/mol. The summed E-state index contributed by atoms with van der Waals surface area (Å²) >= 11 is 0. The molecule has 2 aliphatic rings. The minimum absolute atomic E-state index is 0.181. The Kier molecular flexibility index (Phi) is 3.29. The molecule has 1 saturated heterocycles. The first kappa shape index (κ1) is 12.3. The van der Waals surface area contributed by atoms with Crippen molar-refractivity contribution in [3.63, 3.8) is 0 Å². The fourth-order valence-corrected chi connectivity index (χ4v) is 2.79. The molecule has 0 atom stereocenters. The number of benzene rings is 1. The molecule has 19 heavy (non-hydrogen) atoms. The van der Waals surface area contributed by atoms with Crippen molar-refractivity contribution in [1.82, 2.24) is 4.90 Å². The van der Waals surface area contributed by atoms with Crippen LogP contribution in [0.15, 0.2) is 29.4 Å². The fourth-order valence-electron chi connectivity index (χ4n) is 2.79. The number of nitrogens with two attached hydrogens (primary N) is 1. The number of oxime groups is 1. The van der Waals surface area contributed by atoms with E-state index >= 15 is 0 Å². The van der Waals surface area contributed by atoms with E-state index in [1.165, 1.54) is 12.8 Å². The van der Waals surface area contributed by atoms with E-state index in [4.69, 9.17) is 10.9 Å². The smallest absolute Gasteiger partial charge is 0.172 e. The number of piperazine rings is 1. The summed E-state index contributed by atoms with van der Waals surface area (Å²) in [5, 5.41) is 12.0. The van der Waals surface area contributed by atoms with Crippen molar-refractivity contribution in [3.05, 3.63) is 29.8 Å². The molecule has 0 unspecified atom stereocenters. The first-order chi connectivity index (χ1) is 9.29. The molecule has 1 aromatic rings. The van der Waals surface area contributed by atoms with Crippen molar-refractivity contribution in [3.8, 4) is 0 Å². The van der Waals surface area contributed by atoms with Crippen LogP contribution < -0.4 is 10.6 Å². The van der Waals surface area contributed by atoms with E-state index < -0.39 is 0 Å². The molecule has 1 aliphatic carbocycles. The van der Waals surface area contributed by atoms with Crippen LogP contribution in [0.3, 0.4) is 0 Å². The maximum atomic E-state index is 8.87. The molecule has 1 aliphatic heterocycles. The highest BCUT2D eigenvalue weighted by molar-refractivity contribution is 6.02. The standard InChI is InChI=1S/C14H20N4O/c15-14(16-19)12-3-1-2-4-13(12)18-9-7-17(8-10-18)11-5-6-11/h1-4,11,19H,5-10H2,(H2,15,16). The summed E-state index contributed by atoms with van der Waals surface area (Å²) in [5.41, 5.74) is 7.62. The second-order valence-electron chi connectivity index (χ2n) is 5.26. The molecule has 102 valence electrons. The van der Waals surface area contributed by atoms with Gasteiger partial charge in [-0.1, -0.05) is 17.3 Å². The van der Waals surface area contributed by atoms with Gasteiger partial charge in [0.15, 0.2) is 5.84 Å². The first-order valence-electron chi connectivity index (χ1n) is 6.85. The molecular weight excluding hydrogens is 240 g/mol. The van der Waals surface area contributed by atoms with Gasteiger partial charge in [0, 0.05) is 43.5 Å². The topological polar surface area (TPSA) is 65.1 Å². The maximum Gasteiger partial charge on any atom is 0.172 e. The van der Waals surface area contributed by atoms with Crippen molar-refractivity contribution >= 4 is 11.5 Å². The summed E-state index contributed by atoms with van der Waals surface area (Å²) in [6.07, 6.45) is 2.72. The lowest BCUT2D eigenvalue weighted by Gasteiger charge is -2.37. The van der Waals surface area contributed by atoms with Crippen molar-refractivity contribution in [2.24, 2.45) is 10.9 Å². The summed E-state index contributed by atoms with van der Waals surface area (Å²) in [6.45, 7) is 4.22. The van der Waals surface area contributed by atoms with Crippen LogP contribution in [0.1, 0.15) is 18.4 Å². The monoisotopic (exact) mass is 260 g/mol. The Bertz CT molecular complexity index is 476. The summed E-state index contributed by atoms with van der Waals surface area (Å²) in [7, 11) is 0. The molecule has 0 radical (unpaired) electrons. The second-order valence-corrected chi connectivity index (χ2v) is 5.26. The molecule has 1 heterocycles. The molecule has 0 amide bonds. The van der Waals surface area contributed by atoms with Crippen LogP contribution in [0.4, 0.5) is 5.69 Å². The van der Waals surface area contributed by atoms with Crippen LogP contribution in [0.2, 0.25) is 0 Å². The van der Waals surface area contributed by atoms with Crippen molar-refractivity contribution in [1.29, 1.82) is 0 Å². The van der Waals surface area contributed by atoms with E-state index in [1.54, 1.807) is 0 Å². The number of hydrogen-bond donors (Lipinski definition) is 2. The number of nitrogens with zero attached hydrogens (tertiary/aromatic N) is 3. The van der Waals surface area contributed by atoms with E-state index in [0.717, 1.165) is 43.5 Å². The van der Waals surface area contributed by atoms with Crippen molar-refractivity contribution in [2.45, 2.75) is 18.9 Å². The normalized spacial score (nSPS) is 21.7. The molecule has 5 heteroatoms. The average molecular weight is 260 g/mol. The Hall–Kier alpha value is -1.75. The van der Waals surface area contributed by atoms with Crippen LogP contribution in [0.5, 0.6) is 0 Å². The summed E-state index contributed by atoms with van der Waals surface area (Å²) in [5.74, 6) is 0.181. The van der Waals surface area contributed by atoms with Gasteiger partial charge in [-0.25, -0.2) is 0 Å². The zero-order valence-corrected chi connectivity index (χ0v) is 11.0. The van der Waals surface area contributed by atoms with Gasteiger partial charge in [0.25, 0.3) is 0 Å². The molecule has 0 bridgehead atoms. The largest absolute Gasteiger partial charge is 0.409 e. The molecule has 0 aromatic heterocycles. The third-order valence-corrected chi connectivity index (χ3v) is 4.01. The maximum absolute atomic E-state index is 8.87. The fraction of sp³-hybridized carbons (Fsp3) is 0.500. The van der Waals surface area contributed by atoms with Gasteiger partial charge in [-0.15, -0.1) is 0 Å². The third-order valence-electron chi connectivity index (χ3n) is 4.01. The zero-order chi connectivity index (χ0) is 13.2. The van der Waals surface area contributed by atoms with Gasteiger partial charge in [-0.3, -0.25) is 4.90 Å². The van der Waals surface area contributed by atoms with Gasteiger partial charge in [0.1, 0.15) is 0 Å². The second kappa shape index (κ2) is 5.09. The molecule has 5 nitrogen and oxygen atoms in total. The van der Waals surface area contributed by atoms with Gasteiger partial charge in [0.05, 0.1) is 0 Å². The summed E-state index contributed by atoms with van der Waals surface area (Å²) in [6, 6.07) is 8.69. The Balaban J connectivity index is 1.75. The first-order valence-corrected chi connectivity index (χ1v) is 6.85. The van der Waals surface area contributed by atoms with E-state index in [1.807, 2.05) is 24.3 Å². The number of rotatable bonds is 3. The molecule has 3 rings (SSSR count). The van der Waals surface area contributed by atoms with Crippen LogP contribution in [-0.4, -0.2) is 48.2 Å². The van der Waals surface area contributed by atoms with Crippen LogP contribution in [0.25, 0.3) is 0 Å². The van der Waals surface area contributed by atoms with Gasteiger partial charge in [0.2, 0.25) is 0 Å². The Labute approximate surface area is 113 Å². The highest BCUT2D eigenvalue weighted by Crippen LogP contribution is 2.29.